The fourth-order valence-corrected chi connectivity index (χ4v) is 1.21. The van der Waals surface area contributed by atoms with Gasteiger partial charge in [-0.2, -0.15) is 9.97 Å². The molecule has 1 aromatic rings. The molecule has 0 aliphatic heterocycles. The van der Waals surface area contributed by atoms with Crippen LogP contribution in [0.5, 0.6) is 0 Å². The molecule has 1 rings (SSSR count). The van der Waals surface area contributed by atoms with E-state index in [4.69, 9.17) is 17.9 Å². The van der Waals surface area contributed by atoms with Crippen molar-refractivity contribution in [3.63, 3.8) is 0 Å². The zero-order valence-corrected chi connectivity index (χ0v) is 8.70. The van der Waals surface area contributed by atoms with Crippen LogP contribution in [0.4, 0.5) is 17.6 Å². The number of nitrogen functional groups attached to an aromatic ring is 2. The van der Waals surface area contributed by atoms with Crippen LogP contribution in [0.3, 0.4) is 0 Å². The van der Waals surface area contributed by atoms with E-state index >= 15 is 0 Å². The largest absolute Gasteiger partial charge is 0.383 e. The molecular weight excluding hydrogens is 190 g/mol. The summed E-state index contributed by atoms with van der Waals surface area (Å²) in [5.41, 5.74) is 11.0. The molecule has 0 bridgehead atoms. The maximum absolute atomic E-state index is 5.54. The maximum Gasteiger partial charge on any atom is 0.223 e. The molecule has 0 aromatic carbocycles. The van der Waals surface area contributed by atoms with Crippen LogP contribution in [0.25, 0.3) is 0 Å². The van der Waals surface area contributed by atoms with Gasteiger partial charge in [-0.3, -0.25) is 0 Å². The molecule has 0 spiro atoms. The first-order valence-corrected chi connectivity index (χ1v) is 4.75. The van der Waals surface area contributed by atoms with Crippen molar-refractivity contribution in [2.45, 2.75) is 25.8 Å². The molecule has 0 aliphatic carbocycles. The second kappa shape index (κ2) is 5.05. The van der Waals surface area contributed by atoms with E-state index in [9.17, 15) is 0 Å². The molecule has 1 atom stereocenters. The lowest BCUT2D eigenvalue weighted by molar-refractivity contribution is 0.711. The Hall–Kier alpha value is -1.96. The Morgan fingerprint density at radius 1 is 1.53 bits per heavy atom. The van der Waals surface area contributed by atoms with E-state index in [0.29, 0.717) is 18.1 Å². The lowest BCUT2D eigenvalue weighted by Gasteiger charge is -2.14. The molecule has 0 aliphatic rings. The molecule has 0 radical (unpaired) electrons. The summed E-state index contributed by atoms with van der Waals surface area (Å²) < 4.78 is 0. The molecule has 1 unspecified atom stereocenters. The van der Waals surface area contributed by atoms with Crippen molar-refractivity contribution >= 4 is 17.6 Å². The van der Waals surface area contributed by atoms with Gasteiger partial charge in [0.05, 0.1) is 0 Å². The van der Waals surface area contributed by atoms with Gasteiger partial charge >= 0.3 is 0 Å². The zero-order chi connectivity index (χ0) is 11.3. The number of nitrogens with two attached hydrogens (primary N) is 2. The molecule has 1 heterocycles. The van der Waals surface area contributed by atoms with Crippen molar-refractivity contribution in [1.29, 1.82) is 0 Å². The van der Waals surface area contributed by atoms with Gasteiger partial charge in [0.25, 0.3) is 0 Å². The number of aromatic nitrogens is 2. The van der Waals surface area contributed by atoms with Crippen molar-refractivity contribution < 1.29 is 0 Å². The third kappa shape index (κ3) is 3.35. The molecule has 5 nitrogen and oxygen atoms in total. The summed E-state index contributed by atoms with van der Waals surface area (Å²) in [6, 6.07) is 1.82. The first-order valence-electron chi connectivity index (χ1n) is 4.75. The first-order chi connectivity index (χ1) is 7.15. The van der Waals surface area contributed by atoms with E-state index in [1.165, 1.54) is 0 Å². The van der Waals surface area contributed by atoms with Crippen molar-refractivity contribution in [1.82, 2.24) is 9.97 Å². The van der Waals surface area contributed by atoms with Gasteiger partial charge < -0.3 is 16.8 Å². The summed E-state index contributed by atoms with van der Waals surface area (Å²) in [6.07, 6.45) is 6.80. The Morgan fingerprint density at radius 3 is 2.80 bits per heavy atom. The summed E-state index contributed by atoms with van der Waals surface area (Å²) in [5.74, 6) is 3.72. The first kappa shape index (κ1) is 11.1. The summed E-state index contributed by atoms with van der Waals surface area (Å²) in [4.78, 5) is 7.79. The average molecular weight is 205 g/mol. The number of terminal acetylenes is 1. The normalized spacial score (nSPS) is 11.7. The Bertz CT molecular complexity index is 348. The topological polar surface area (TPSA) is 89.8 Å². The van der Waals surface area contributed by atoms with Crippen molar-refractivity contribution in [2.75, 3.05) is 16.8 Å². The summed E-state index contributed by atoms with van der Waals surface area (Å²) in [5, 5.41) is 3.16. The highest BCUT2D eigenvalue weighted by molar-refractivity contribution is 5.48. The number of anilines is 3. The third-order valence-electron chi connectivity index (χ3n) is 1.97. The monoisotopic (exact) mass is 205 g/mol. The fourth-order valence-electron chi connectivity index (χ4n) is 1.21. The molecule has 1 aromatic heterocycles. The van der Waals surface area contributed by atoms with Crippen LogP contribution in [0, 0.1) is 12.3 Å². The summed E-state index contributed by atoms with van der Waals surface area (Å²) in [7, 11) is 0. The molecule has 80 valence electrons. The van der Waals surface area contributed by atoms with Gasteiger partial charge in [-0.15, -0.1) is 12.3 Å². The molecule has 0 amide bonds. The lowest BCUT2D eigenvalue weighted by Crippen LogP contribution is -2.19. The SMILES string of the molecule is C#CCC(CC)Nc1cc(N)nc(N)n1. The van der Waals surface area contributed by atoms with E-state index in [-0.39, 0.29) is 12.0 Å². The number of rotatable bonds is 4. The Balaban J connectivity index is 2.75. The van der Waals surface area contributed by atoms with Crippen molar-refractivity contribution in [2.24, 2.45) is 0 Å². The smallest absolute Gasteiger partial charge is 0.223 e. The van der Waals surface area contributed by atoms with E-state index in [0.717, 1.165) is 6.42 Å². The highest BCUT2D eigenvalue weighted by atomic mass is 15.1. The van der Waals surface area contributed by atoms with Gasteiger partial charge in [0.1, 0.15) is 11.6 Å². The van der Waals surface area contributed by atoms with E-state index in [2.05, 4.69) is 21.2 Å². The average Bonchev–Trinajstić information content (AvgIpc) is 2.15. The Morgan fingerprint density at radius 2 is 2.27 bits per heavy atom. The second-order valence-corrected chi connectivity index (χ2v) is 3.19. The molecule has 0 saturated carbocycles. The van der Waals surface area contributed by atoms with E-state index in [1.807, 2.05) is 6.92 Å². The third-order valence-corrected chi connectivity index (χ3v) is 1.97. The number of hydrogen-bond donors (Lipinski definition) is 3. The molecule has 5 heteroatoms. The fraction of sp³-hybridized carbons (Fsp3) is 0.400. The number of nitrogens with zero attached hydrogens (tertiary/aromatic N) is 2. The van der Waals surface area contributed by atoms with Crippen LogP contribution in [-0.2, 0) is 0 Å². The van der Waals surface area contributed by atoms with Crippen LogP contribution < -0.4 is 16.8 Å². The molecule has 15 heavy (non-hydrogen) atoms. The molecular formula is C10H15N5. The quantitative estimate of drug-likeness (QED) is 0.634. The highest BCUT2D eigenvalue weighted by Crippen LogP contribution is 2.12. The van der Waals surface area contributed by atoms with Gasteiger partial charge in [-0.05, 0) is 6.42 Å². The van der Waals surface area contributed by atoms with Crippen LogP contribution >= 0.6 is 0 Å². The standard InChI is InChI=1S/C10H15N5/c1-3-5-7(4-2)13-9-6-8(11)14-10(12)15-9/h1,6-7H,4-5H2,2H3,(H5,11,12,13,14,15). The minimum absolute atomic E-state index is 0.160. The van der Waals surface area contributed by atoms with Gasteiger partial charge in [0.15, 0.2) is 0 Å². The van der Waals surface area contributed by atoms with Gasteiger partial charge in [0, 0.05) is 18.5 Å². The van der Waals surface area contributed by atoms with Crippen LogP contribution in [-0.4, -0.2) is 16.0 Å². The summed E-state index contributed by atoms with van der Waals surface area (Å²) in [6.45, 7) is 2.04. The molecule has 0 fully saturated rings. The van der Waals surface area contributed by atoms with Gasteiger partial charge in [0.2, 0.25) is 5.95 Å². The lowest BCUT2D eigenvalue weighted by atomic mass is 10.1. The minimum atomic E-state index is 0.160. The minimum Gasteiger partial charge on any atom is -0.383 e. The van der Waals surface area contributed by atoms with E-state index < -0.39 is 0 Å². The van der Waals surface area contributed by atoms with Crippen LogP contribution in [0.1, 0.15) is 19.8 Å². The predicted octanol–water partition coefficient (Wildman–Crippen LogP) is 0.855. The maximum atomic E-state index is 5.54. The van der Waals surface area contributed by atoms with Crippen molar-refractivity contribution in [3.05, 3.63) is 6.07 Å². The molecule has 0 saturated heterocycles. The van der Waals surface area contributed by atoms with Crippen molar-refractivity contribution in [3.8, 4) is 12.3 Å². The Labute approximate surface area is 89.3 Å². The zero-order valence-electron chi connectivity index (χ0n) is 8.70. The highest BCUT2D eigenvalue weighted by Gasteiger charge is 2.06. The predicted molar refractivity (Wildman–Crippen MR) is 62.0 cm³/mol. The summed E-state index contributed by atoms with van der Waals surface area (Å²) >= 11 is 0. The van der Waals surface area contributed by atoms with Gasteiger partial charge in [-0.1, -0.05) is 6.92 Å². The van der Waals surface area contributed by atoms with Gasteiger partial charge in [-0.25, -0.2) is 0 Å². The molecule has 5 N–H and O–H groups in total. The number of nitrogens with one attached hydrogen (secondary N) is 1. The van der Waals surface area contributed by atoms with E-state index in [1.54, 1.807) is 6.07 Å². The van der Waals surface area contributed by atoms with Crippen LogP contribution in [0.2, 0.25) is 0 Å². The second-order valence-electron chi connectivity index (χ2n) is 3.19. The number of hydrogen-bond acceptors (Lipinski definition) is 5. The van der Waals surface area contributed by atoms with Crippen LogP contribution in [0.15, 0.2) is 6.07 Å². The Kier molecular flexibility index (Phi) is 3.75.